The van der Waals surface area contributed by atoms with E-state index >= 15 is 0 Å². The van der Waals surface area contributed by atoms with Crippen LogP contribution in [0.3, 0.4) is 0 Å². The second kappa shape index (κ2) is 15.1. The maximum absolute atomic E-state index is 12.8. The SMILES string of the molecule is C=CCCCCN(C)COC[C@@H]1C[C@H](Cc2cc(-c3nc(C(C)C)cs3)nc3c(C)c(OC)ccc23)C[C@H]1C(=O)OC. The summed E-state index contributed by atoms with van der Waals surface area (Å²) >= 11 is 1.64. The fourth-order valence-corrected chi connectivity index (χ4v) is 7.03. The number of hydrogen-bond acceptors (Lipinski definition) is 8. The van der Waals surface area contributed by atoms with Crippen LogP contribution >= 0.6 is 11.3 Å². The lowest BCUT2D eigenvalue weighted by Crippen LogP contribution is -2.28. The molecule has 0 unspecified atom stereocenters. The third kappa shape index (κ3) is 7.77. The van der Waals surface area contributed by atoms with Crippen LogP contribution in [-0.4, -0.2) is 62.0 Å². The van der Waals surface area contributed by atoms with E-state index in [-0.39, 0.29) is 17.8 Å². The molecule has 228 valence electrons. The van der Waals surface area contributed by atoms with E-state index < -0.39 is 0 Å². The van der Waals surface area contributed by atoms with Crippen LogP contribution in [0.25, 0.3) is 21.6 Å². The predicted octanol–water partition coefficient (Wildman–Crippen LogP) is 7.42. The third-order valence-corrected chi connectivity index (χ3v) is 9.35. The van der Waals surface area contributed by atoms with Gasteiger partial charge in [0.1, 0.15) is 10.8 Å². The number of pyridine rings is 1. The first-order chi connectivity index (χ1) is 20.2. The largest absolute Gasteiger partial charge is 0.496 e. The molecule has 0 amide bonds. The van der Waals surface area contributed by atoms with E-state index in [1.165, 1.54) is 12.7 Å². The number of allylic oxidation sites excluding steroid dienone is 1. The number of hydrogen-bond donors (Lipinski definition) is 0. The number of methoxy groups -OCH3 is 2. The quantitative estimate of drug-likeness (QED) is 0.0786. The predicted molar refractivity (Wildman–Crippen MR) is 171 cm³/mol. The van der Waals surface area contributed by atoms with Crippen molar-refractivity contribution in [2.45, 2.75) is 65.2 Å². The lowest BCUT2D eigenvalue weighted by Gasteiger charge is -2.21. The van der Waals surface area contributed by atoms with Gasteiger partial charge < -0.3 is 14.2 Å². The van der Waals surface area contributed by atoms with Crippen molar-refractivity contribution >= 4 is 28.2 Å². The van der Waals surface area contributed by atoms with Gasteiger partial charge in [-0.05, 0) is 101 Å². The first kappa shape index (κ1) is 32.1. The van der Waals surface area contributed by atoms with Gasteiger partial charge in [0.05, 0.1) is 50.4 Å². The lowest BCUT2D eigenvalue weighted by atomic mass is 9.93. The van der Waals surface area contributed by atoms with Crippen molar-refractivity contribution in [3.63, 3.8) is 0 Å². The van der Waals surface area contributed by atoms with E-state index in [1.807, 2.05) is 12.1 Å². The molecule has 42 heavy (non-hydrogen) atoms. The maximum atomic E-state index is 12.8. The summed E-state index contributed by atoms with van der Waals surface area (Å²) in [4.78, 5) is 25.0. The summed E-state index contributed by atoms with van der Waals surface area (Å²) in [5.41, 5.74) is 5.18. The molecule has 3 aromatic rings. The lowest BCUT2D eigenvalue weighted by molar-refractivity contribution is -0.147. The number of aromatic nitrogens is 2. The minimum atomic E-state index is -0.153. The molecular weight excluding hydrogens is 546 g/mol. The molecule has 3 atom stereocenters. The molecular formula is C34H47N3O4S. The van der Waals surface area contributed by atoms with Crippen molar-refractivity contribution in [1.82, 2.24) is 14.9 Å². The van der Waals surface area contributed by atoms with Gasteiger partial charge in [0.25, 0.3) is 0 Å². The number of thiazole rings is 1. The zero-order valence-electron chi connectivity index (χ0n) is 26.2. The van der Waals surface area contributed by atoms with Crippen molar-refractivity contribution in [1.29, 1.82) is 0 Å². The Morgan fingerprint density at radius 2 is 2.02 bits per heavy atom. The molecule has 2 aromatic heterocycles. The Kier molecular flexibility index (Phi) is 11.5. The van der Waals surface area contributed by atoms with Gasteiger partial charge >= 0.3 is 5.97 Å². The molecule has 8 heteroatoms. The van der Waals surface area contributed by atoms with Crippen molar-refractivity contribution in [3.8, 4) is 16.5 Å². The van der Waals surface area contributed by atoms with Crippen LogP contribution in [0.5, 0.6) is 5.75 Å². The molecule has 0 bridgehead atoms. The number of unbranched alkanes of at least 4 members (excludes halogenated alkanes) is 2. The minimum Gasteiger partial charge on any atom is -0.496 e. The number of ether oxygens (including phenoxy) is 3. The molecule has 4 rings (SSSR count). The molecule has 7 nitrogen and oxygen atoms in total. The molecule has 1 aromatic carbocycles. The monoisotopic (exact) mass is 593 g/mol. The van der Waals surface area contributed by atoms with Gasteiger partial charge in [-0.1, -0.05) is 19.9 Å². The van der Waals surface area contributed by atoms with Crippen molar-refractivity contribution < 1.29 is 19.0 Å². The smallest absolute Gasteiger partial charge is 0.309 e. The van der Waals surface area contributed by atoms with Gasteiger partial charge in [-0.2, -0.15) is 0 Å². The molecule has 0 radical (unpaired) electrons. The normalized spacial score (nSPS) is 18.7. The van der Waals surface area contributed by atoms with Crippen LogP contribution in [0.4, 0.5) is 0 Å². The third-order valence-electron chi connectivity index (χ3n) is 8.47. The van der Waals surface area contributed by atoms with Crippen LogP contribution in [-0.2, 0) is 20.7 Å². The molecule has 1 aliphatic rings. The molecule has 0 spiro atoms. The number of esters is 1. The van der Waals surface area contributed by atoms with Crippen LogP contribution in [0.1, 0.15) is 68.7 Å². The van der Waals surface area contributed by atoms with Gasteiger partial charge in [-0.25, -0.2) is 9.97 Å². The Morgan fingerprint density at radius 1 is 1.21 bits per heavy atom. The van der Waals surface area contributed by atoms with Crippen LogP contribution in [0.15, 0.2) is 36.2 Å². The summed E-state index contributed by atoms with van der Waals surface area (Å²) in [7, 11) is 5.27. The van der Waals surface area contributed by atoms with E-state index in [0.29, 0.717) is 25.2 Å². The second-order valence-electron chi connectivity index (χ2n) is 12.0. The average Bonchev–Trinajstić information content (AvgIpc) is 3.63. The number of fused-ring (bicyclic) bond motifs is 1. The van der Waals surface area contributed by atoms with Gasteiger partial charge in [0.15, 0.2) is 0 Å². The summed E-state index contributed by atoms with van der Waals surface area (Å²) in [6, 6.07) is 6.35. The number of rotatable bonds is 15. The summed E-state index contributed by atoms with van der Waals surface area (Å²) in [6.07, 6.45) is 7.84. The number of carbonyl (C=O) groups excluding carboxylic acids is 1. The molecule has 1 aliphatic carbocycles. The highest BCUT2D eigenvalue weighted by atomic mass is 32.1. The molecule has 0 saturated heterocycles. The van der Waals surface area contributed by atoms with Crippen LogP contribution in [0, 0.1) is 24.7 Å². The average molecular weight is 594 g/mol. The van der Waals surface area contributed by atoms with E-state index in [1.54, 1.807) is 18.4 Å². The first-order valence-corrected chi connectivity index (χ1v) is 16.0. The zero-order valence-corrected chi connectivity index (χ0v) is 27.0. The van der Waals surface area contributed by atoms with E-state index in [4.69, 9.17) is 24.2 Å². The van der Waals surface area contributed by atoms with Gasteiger partial charge in [-0.15, -0.1) is 17.9 Å². The van der Waals surface area contributed by atoms with Crippen molar-refractivity contribution in [2.24, 2.45) is 17.8 Å². The Bertz CT molecular complexity index is 1350. The van der Waals surface area contributed by atoms with Crippen LogP contribution < -0.4 is 4.74 Å². The summed E-state index contributed by atoms with van der Waals surface area (Å²) in [5, 5.41) is 4.19. The van der Waals surface area contributed by atoms with Crippen LogP contribution in [0.2, 0.25) is 0 Å². The minimum absolute atomic E-state index is 0.131. The standard InChI is InChI=1S/C34H47N3O4S/c1-8-9-10-11-14-37(5)21-41-19-26-16-24(17-28(26)34(38)40-7)15-25-18-29(33-36-30(20-42-33)22(2)3)35-32-23(4)31(39-6)13-12-27(25)32/h8,12-13,18,20,22,24,26,28H,1,9-11,14-17,19,21H2,2-7H3/t24-,26-,28+/m0/s1. The van der Waals surface area contributed by atoms with Crippen molar-refractivity contribution in [2.75, 3.05) is 41.1 Å². The molecule has 1 fully saturated rings. The van der Waals surface area contributed by atoms with E-state index in [2.05, 4.69) is 56.8 Å². The Balaban J connectivity index is 1.54. The van der Waals surface area contributed by atoms with Gasteiger partial charge in [-0.3, -0.25) is 9.69 Å². The Morgan fingerprint density at radius 3 is 2.71 bits per heavy atom. The fraction of sp³-hybridized carbons (Fsp3) is 0.559. The van der Waals surface area contributed by atoms with Gasteiger partial charge in [0.2, 0.25) is 0 Å². The van der Waals surface area contributed by atoms with E-state index in [0.717, 1.165) is 83.7 Å². The highest BCUT2D eigenvalue weighted by Gasteiger charge is 2.39. The molecule has 0 N–H and O–H groups in total. The topological polar surface area (TPSA) is 73.8 Å². The summed E-state index contributed by atoms with van der Waals surface area (Å²) in [5.74, 6) is 1.38. The highest BCUT2D eigenvalue weighted by Crippen LogP contribution is 2.41. The summed E-state index contributed by atoms with van der Waals surface area (Å²) in [6.45, 7) is 12.3. The second-order valence-corrected chi connectivity index (χ2v) is 12.8. The maximum Gasteiger partial charge on any atom is 0.309 e. The number of aryl methyl sites for hydroxylation is 1. The van der Waals surface area contributed by atoms with Gasteiger partial charge in [0, 0.05) is 16.3 Å². The number of nitrogens with zero attached hydrogens (tertiary/aromatic N) is 3. The fourth-order valence-electron chi connectivity index (χ4n) is 6.09. The van der Waals surface area contributed by atoms with Crippen molar-refractivity contribution in [3.05, 3.63) is 53.1 Å². The molecule has 2 heterocycles. The number of carbonyl (C=O) groups is 1. The molecule has 1 saturated carbocycles. The highest BCUT2D eigenvalue weighted by molar-refractivity contribution is 7.13. The number of benzene rings is 1. The Hall–Kier alpha value is -2.81. The first-order valence-electron chi connectivity index (χ1n) is 15.1. The summed E-state index contributed by atoms with van der Waals surface area (Å²) < 4.78 is 17.0. The Labute approximate surface area is 255 Å². The zero-order chi connectivity index (χ0) is 30.2. The molecule has 0 aliphatic heterocycles. The van der Waals surface area contributed by atoms with E-state index in [9.17, 15) is 4.79 Å².